The van der Waals surface area contributed by atoms with Crippen LogP contribution in [0.25, 0.3) is 0 Å². The van der Waals surface area contributed by atoms with Gasteiger partial charge in [0.1, 0.15) is 0 Å². The summed E-state index contributed by atoms with van der Waals surface area (Å²) in [6, 6.07) is 5.41. The van der Waals surface area contributed by atoms with E-state index in [4.69, 9.17) is 5.73 Å². The maximum atomic E-state index is 12.4. The van der Waals surface area contributed by atoms with Crippen LogP contribution in [0.3, 0.4) is 0 Å². The first-order valence-corrected chi connectivity index (χ1v) is 6.98. The summed E-state index contributed by atoms with van der Waals surface area (Å²) in [4.78, 5) is 14.3. The molecule has 0 fully saturated rings. The van der Waals surface area contributed by atoms with Crippen LogP contribution in [-0.2, 0) is 0 Å². The number of amides is 1. The van der Waals surface area contributed by atoms with Gasteiger partial charge in [0.25, 0.3) is 5.91 Å². The summed E-state index contributed by atoms with van der Waals surface area (Å²) in [6.45, 7) is 9.33. The molecule has 0 aliphatic heterocycles. The van der Waals surface area contributed by atoms with Crippen LogP contribution >= 0.6 is 0 Å². The van der Waals surface area contributed by atoms with Gasteiger partial charge in [-0.15, -0.1) is 0 Å². The molecule has 1 rings (SSSR count). The first-order chi connectivity index (χ1) is 9.12. The second-order valence-electron chi connectivity index (χ2n) is 6.65. The van der Waals surface area contributed by atoms with Crippen molar-refractivity contribution in [3.63, 3.8) is 0 Å². The second kappa shape index (κ2) is 6.16. The van der Waals surface area contributed by atoms with Crippen LogP contribution in [0.5, 0.6) is 0 Å². The number of rotatable bonds is 4. The van der Waals surface area contributed by atoms with E-state index in [-0.39, 0.29) is 11.3 Å². The molecule has 1 amide bonds. The van der Waals surface area contributed by atoms with E-state index in [2.05, 4.69) is 33.0 Å². The molecule has 4 nitrogen and oxygen atoms in total. The van der Waals surface area contributed by atoms with Crippen molar-refractivity contribution in [2.75, 3.05) is 31.3 Å². The van der Waals surface area contributed by atoms with E-state index >= 15 is 0 Å². The fourth-order valence-corrected chi connectivity index (χ4v) is 1.77. The Hall–Kier alpha value is -1.71. The number of nitrogens with zero attached hydrogens (tertiary/aromatic N) is 1. The van der Waals surface area contributed by atoms with Gasteiger partial charge in [-0.1, -0.05) is 27.7 Å². The smallest absolute Gasteiger partial charge is 0.253 e. The number of anilines is 2. The highest BCUT2D eigenvalue weighted by atomic mass is 16.1. The Bertz CT molecular complexity index is 475. The van der Waals surface area contributed by atoms with Gasteiger partial charge in [0.05, 0.1) is 5.56 Å². The van der Waals surface area contributed by atoms with E-state index in [1.807, 2.05) is 31.1 Å². The van der Waals surface area contributed by atoms with Gasteiger partial charge >= 0.3 is 0 Å². The third-order valence-electron chi connectivity index (χ3n) is 3.79. The molecular weight excluding hydrogens is 250 g/mol. The molecule has 0 aromatic heterocycles. The zero-order valence-electron chi connectivity index (χ0n) is 13.4. The lowest BCUT2D eigenvalue weighted by molar-refractivity contribution is 0.0937. The first-order valence-electron chi connectivity index (χ1n) is 6.98. The molecule has 1 aromatic carbocycles. The number of hydrogen-bond donors (Lipinski definition) is 2. The van der Waals surface area contributed by atoms with Gasteiger partial charge in [-0.05, 0) is 29.5 Å². The minimum atomic E-state index is -0.0721. The number of nitrogens with one attached hydrogen (secondary N) is 1. The highest BCUT2D eigenvalue weighted by Crippen LogP contribution is 2.25. The molecule has 112 valence electrons. The molecule has 20 heavy (non-hydrogen) atoms. The maximum Gasteiger partial charge on any atom is 0.253 e. The molecule has 0 saturated heterocycles. The summed E-state index contributed by atoms with van der Waals surface area (Å²) in [6.07, 6.45) is 0. The maximum absolute atomic E-state index is 12.4. The standard InChI is InChI=1S/C16H27N3O/c1-11(16(2,3)4)10-18-15(20)13-9-12(17)7-8-14(13)19(5)6/h7-9,11H,10,17H2,1-6H3,(H,18,20). The van der Waals surface area contributed by atoms with Crippen molar-refractivity contribution in [3.05, 3.63) is 23.8 Å². The van der Waals surface area contributed by atoms with E-state index in [0.717, 1.165) is 5.69 Å². The van der Waals surface area contributed by atoms with Crippen LogP contribution in [0.2, 0.25) is 0 Å². The average Bonchev–Trinajstić information content (AvgIpc) is 2.33. The van der Waals surface area contributed by atoms with E-state index in [0.29, 0.717) is 23.7 Å². The van der Waals surface area contributed by atoms with Gasteiger partial charge < -0.3 is 16.0 Å². The van der Waals surface area contributed by atoms with E-state index in [1.54, 1.807) is 6.07 Å². The Morgan fingerprint density at radius 1 is 1.35 bits per heavy atom. The monoisotopic (exact) mass is 277 g/mol. The van der Waals surface area contributed by atoms with E-state index in [9.17, 15) is 4.79 Å². The number of carbonyl (C=O) groups excluding carboxylic acids is 1. The molecule has 0 heterocycles. The molecule has 0 saturated carbocycles. The zero-order chi connectivity index (χ0) is 15.5. The number of nitrogens with two attached hydrogens (primary N) is 1. The predicted molar refractivity (Wildman–Crippen MR) is 86.1 cm³/mol. The van der Waals surface area contributed by atoms with Crippen molar-refractivity contribution in [1.82, 2.24) is 5.32 Å². The highest BCUT2D eigenvalue weighted by Gasteiger charge is 2.21. The molecule has 0 aliphatic carbocycles. The summed E-state index contributed by atoms with van der Waals surface area (Å²) in [7, 11) is 3.83. The highest BCUT2D eigenvalue weighted by molar-refractivity contribution is 6.00. The third kappa shape index (κ3) is 4.15. The van der Waals surface area contributed by atoms with Crippen LogP contribution in [0, 0.1) is 11.3 Å². The van der Waals surface area contributed by atoms with Gasteiger partial charge in [-0.25, -0.2) is 0 Å². The van der Waals surface area contributed by atoms with Crippen LogP contribution in [0.15, 0.2) is 18.2 Å². The minimum absolute atomic E-state index is 0.0721. The Kier molecular flexibility index (Phi) is 5.03. The SMILES string of the molecule is CC(CNC(=O)c1cc(N)ccc1N(C)C)C(C)(C)C. The van der Waals surface area contributed by atoms with Crippen LogP contribution in [0.4, 0.5) is 11.4 Å². The van der Waals surface area contributed by atoms with E-state index < -0.39 is 0 Å². The number of benzene rings is 1. The summed E-state index contributed by atoms with van der Waals surface area (Å²) in [5.74, 6) is 0.326. The molecule has 1 unspecified atom stereocenters. The van der Waals surface area contributed by atoms with Crippen molar-refractivity contribution in [2.45, 2.75) is 27.7 Å². The molecular formula is C16H27N3O. The van der Waals surface area contributed by atoms with Crippen molar-refractivity contribution in [3.8, 4) is 0 Å². The molecule has 0 spiro atoms. The second-order valence-corrected chi connectivity index (χ2v) is 6.65. The molecule has 1 atom stereocenters. The Morgan fingerprint density at radius 2 is 1.95 bits per heavy atom. The van der Waals surface area contributed by atoms with Crippen LogP contribution < -0.4 is 16.0 Å². The molecule has 0 radical (unpaired) electrons. The van der Waals surface area contributed by atoms with Gasteiger partial charge in [0.15, 0.2) is 0 Å². The van der Waals surface area contributed by atoms with Crippen molar-refractivity contribution < 1.29 is 4.79 Å². The minimum Gasteiger partial charge on any atom is -0.399 e. The Labute approximate surface area is 122 Å². The van der Waals surface area contributed by atoms with Gasteiger partial charge in [-0.3, -0.25) is 4.79 Å². The van der Waals surface area contributed by atoms with Gasteiger partial charge in [0, 0.05) is 32.0 Å². The largest absolute Gasteiger partial charge is 0.399 e. The topological polar surface area (TPSA) is 58.4 Å². The Balaban J connectivity index is 2.85. The first kappa shape index (κ1) is 16.3. The molecule has 1 aromatic rings. The lowest BCUT2D eigenvalue weighted by atomic mass is 9.82. The van der Waals surface area contributed by atoms with Gasteiger partial charge in [-0.2, -0.15) is 0 Å². The molecule has 0 bridgehead atoms. The lowest BCUT2D eigenvalue weighted by Gasteiger charge is -2.27. The van der Waals surface area contributed by atoms with Crippen molar-refractivity contribution >= 4 is 17.3 Å². The summed E-state index contributed by atoms with van der Waals surface area (Å²) >= 11 is 0. The van der Waals surface area contributed by atoms with Crippen molar-refractivity contribution in [2.24, 2.45) is 11.3 Å². The van der Waals surface area contributed by atoms with Gasteiger partial charge in [0.2, 0.25) is 0 Å². The normalized spacial score (nSPS) is 12.9. The molecule has 3 N–H and O–H groups in total. The van der Waals surface area contributed by atoms with Crippen LogP contribution in [0.1, 0.15) is 38.1 Å². The lowest BCUT2D eigenvalue weighted by Crippen LogP contribution is -2.34. The zero-order valence-corrected chi connectivity index (χ0v) is 13.4. The summed E-state index contributed by atoms with van der Waals surface area (Å²) in [5, 5.41) is 3.01. The number of nitrogen functional groups attached to an aromatic ring is 1. The summed E-state index contributed by atoms with van der Waals surface area (Å²) in [5.41, 5.74) is 8.06. The fourth-order valence-electron chi connectivity index (χ4n) is 1.77. The van der Waals surface area contributed by atoms with Crippen LogP contribution in [-0.4, -0.2) is 26.5 Å². The third-order valence-corrected chi connectivity index (χ3v) is 3.79. The number of hydrogen-bond acceptors (Lipinski definition) is 3. The number of carbonyl (C=O) groups is 1. The average molecular weight is 277 g/mol. The Morgan fingerprint density at radius 3 is 2.45 bits per heavy atom. The molecule has 0 aliphatic rings. The van der Waals surface area contributed by atoms with E-state index in [1.165, 1.54) is 0 Å². The quantitative estimate of drug-likeness (QED) is 0.832. The van der Waals surface area contributed by atoms with Crippen molar-refractivity contribution in [1.29, 1.82) is 0 Å². The summed E-state index contributed by atoms with van der Waals surface area (Å²) < 4.78 is 0. The molecule has 4 heteroatoms. The fraction of sp³-hybridized carbons (Fsp3) is 0.562. The predicted octanol–water partition coefficient (Wildman–Crippen LogP) is 2.75.